The van der Waals surface area contributed by atoms with Crippen LogP contribution in [0.15, 0.2) is 53.9 Å². The van der Waals surface area contributed by atoms with Gasteiger partial charge in [0.1, 0.15) is 11.6 Å². The number of rotatable bonds is 6. The number of nitrogens with one attached hydrogen (secondary N) is 2. The molecule has 0 fully saturated rings. The fourth-order valence-corrected chi connectivity index (χ4v) is 2.94. The monoisotopic (exact) mass is 359 g/mol. The van der Waals surface area contributed by atoms with Crippen LogP contribution in [0.1, 0.15) is 10.4 Å². The molecule has 0 aliphatic heterocycles. The summed E-state index contributed by atoms with van der Waals surface area (Å²) >= 11 is 1.42. The summed E-state index contributed by atoms with van der Waals surface area (Å²) in [5.41, 5.74) is 1.61. The maximum atomic E-state index is 13.5. The Balaban J connectivity index is 1.49. The van der Waals surface area contributed by atoms with E-state index in [0.717, 1.165) is 11.3 Å². The normalized spacial score (nSPS) is 10.5. The Labute approximate surface area is 147 Å². The van der Waals surface area contributed by atoms with Crippen molar-refractivity contribution in [3.63, 3.8) is 0 Å². The molecule has 3 aromatic rings. The predicted molar refractivity (Wildman–Crippen MR) is 94.7 cm³/mol. The van der Waals surface area contributed by atoms with Crippen molar-refractivity contribution in [3.05, 3.63) is 71.1 Å². The summed E-state index contributed by atoms with van der Waals surface area (Å²) < 4.78 is 26.4. The summed E-state index contributed by atoms with van der Waals surface area (Å²) in [5.74, 6) is -1.29. The molecular formula is C18H15F2N3OS. The van der Waals surface area contributed by atoms with Crippen LogP contribution in [0.3, 0.4) is 0 Å². The molecule has 0 unspecified atom stereocenters. The number of amides is 1. The summed E-state index contributed by atoms with van der Waals surface area (Å²) in [6, 6.07) is 12.0. The van der Waals surface area contributed by atoms with Gasteiger partial charge in [0.15, 0.2) is 5.13 Å². The number of aromatic nitrogens is 1. The summed E-state index contributed by atoms with van der Waals surface area (Å²) in [7, 11) is 0. The number of carbonyl (C=O) groups is 1. The lowest BCUT2D eigenvalue weighted by molar-refractivity contribution is 0.0951. The average molecular weight is 359 g/mol. The minimum atomic E-state index is -0.545. The second kappa shape index (κ2) is 7.85. The minimum absolute atomic E-state index is 0.0235. The molecule has 0 saturated carbocycles. The third-order valence-electron chi connectivity index (χ3n) is 3.45. The molecule has 0 saturated heterocycles. The van der Waals surface area contributed by atoms with Crippen LogP contribution in [0.5, 0.6) is 0 Å². The van der Waals surface area contributed by atoms with Gasteiger partial charge in [0.2, 0.25) is 0 Å². The Kier molecular flexibility index (Phi) is 5.35. The zero-order valence-electron chi connectivity index (χ0n) is 13.1. The van der Waals surface area contributed by atoms with Crippen molar-refractivity contribution in [1.82, 2.24) is 10.3 Å². The lowest BCUT2D eigenvalue weighted by Gasteiger charge is -2.06. The number of nitrogens with zero attached hydrogens (tertiary/aromatic N) is 1. The first kappa shape index (κ1) is 17.0. The van der Waals surface area contributed by atoms with E-state index in [0.29, 0.717) is 18.2 Å². The first-order chi connectivity index (χ1) is 12.1. The van der Waals surface area contributed by atoms with Crippen molar-refractivity contribution in [2.75, 3.05) is 18.4 Å². The van der Waals surface area contributed by atoms with E-state index in [1.807, 2.05) is 5.38 Å². The number of carbonyl (C=O) groups excluding carboxylic acids is 1. The first-order valence-corrected chi connectivity index (χ1v) is 8.49. The molecule has 4 nitrogen and oxygen atoms in total. The van der Waals surface area contributed by atoms with Crippen molar-refractivity contribution in [3.8, 4) is 11.3 Å². The van der Waals surface area contributed by atoms with Gasteiger partial charge in [0.25, 0.3) is 5.91 Å². The molecule has 0 aliphatic carbocycles. The molecule has 0 aliphatic rings. The highest BCUT2D eigenvalue weighted by molar-refractivity contribution is 7.14. The van der Waals surface area contributed by atoms with Gasteiger partial charge in [-0.1, -0.05) is 12.1 Å². The van der Waals surface area contributed by atoms with Gasteiger partial charge in [0.05, 0.1) is 11.3 Å². The van der Waals surface area contributed by atoms with Crippen LogP contribution in [0, 0.1) is 11.6 Å². The van der Waals surface area contributed by atoms with Gasteiger partial charge in [0, 0.05) is 24.0 Å². The van der Waals surface area contributed by atoms with Crippen LogP contribution in [-0.2, 0) is 0 Å². The number of thiazole rings is 1. The van der Waals surface area contributed by atoms with Crippen LogP contribution < -0.4 is 10.6 Å². The highest BCUT2D eigenvalue weighted by Crippen LogP contribution is 2.24. The van der Waals surface area contributed by atoms with Crippen molar-refractivity contribution in [2.24, 2.45) is 0 Å². The number of benzene rings is 2. The Morgan fingerprint density at radius 3 is 2.56 bits per heavy atom. The maximum absolute atomic E-state index is 13.5. The molecular weight excluding hydrogens is 344 g/mol. The molecule has 1 heterocycles. The van der Waals surface area contributed by atoms with E-state index >= 15 is 0 Å². The molecule has 0 spiro atoms. The largest absolute Gasteiger partial charge is 0.360 e. The highest BCUT2D eigenvalue weighted by atomic mass is 32.1. The number of halogens is 2. The summed E-state index contributed by atoms with van der Waals surface area (Å²) in [6.07, 6.45) is 0. The molecule has 1 aromatic heterocycles. The van der Waals surface area contributed by atoms with E-state index in [1.165, 1.54) is 41.7 Å². The summed E-state index contributed by atoms with van der Waals surface area (Å²) in [5, 5.41) is 8.30. The molecule has 128 valence electrons. The Bertz CT molecular complexity index is 865. The molecule has 2 aromatic carbocycles. The van der Waals surface area contributed by atoms with E-state index in [1.54, 1.807) is 18.2 Å². The fourth-order valence-electron chi connectivity index (χ4n) is 2.19. The molecule has 0 radical (unpaired) electrons. The Morgan fingerprint density at radius 2 is 1.80 bits per heavy atom. The van der Waals surface area contributed by atoms with Crippen molar-refractivity contribution < 1.29 is 13.6 Å². The molecule has 25 heavy (non-hydrogen) atoms. The van der Waals surface area contributed by atoms with Crippen LogP contribution in [-0.4, -0.2) is 24.0 Å². The van der Waals surface area contributed by atoms with E-state index in [2.05, 4.69) is 15.6 Å². The zero-order valence-corrected chi connectivity index (χ0v) is 13.9. The van der Waals surface area contributed by atoms with E-state index in [9.17, 15) is 13.6 Å². The summed E-state index contributed by atoms with van der Waals surface area (Å²) in [6.45, 7) is 0.787. The van der Waals surface area contributed by atoms with E-state index < -0.39 is 11.7 Å². The number of hydrogen-bond acceptors (Lipinski definition) is 4. The van der Waals surface area contributed by atoms with Crippen LogP contribution in [0.25, 0.3) is 11.3 Å². The molecule has 1 amide bonds. The fraction of sp³-hybridized carbons (Fsp3) is 0.111. The summed E-state index contributed by atoms with van der Waals surface area (Å²) in [4.78, 5) is 16.3. The number of hydrogen-bond donors (Lipinski definition) is 2. The van der Waals surface area contributed by atoms with Gasteiger partial charge in [-0.3, -0.25) is 4.79 Å². The molecule has 2 N–H and O–H groups in total. The molecule has 0 atom stereocenters. The second-order valence-corrected chi connectivity index (χ2v) is 6.07. The van der Waals surface area contributed by atoms with Crippen LogP contribution in [0.4, 0.5) is 13.9 Å². The Morgan fingerprint density at radius 1 is 1.04 bits per heavy atom. The van der Waals surface area contributed by atoms with Crippen LogP contribution >= 0.6 is 11.3 Å². The van der Waals surface area contributed by atoms with Crippen molar-refractivity contribution >= 4 is 22.4 Å². The van der Waals surface area contributed by atoms with Gasteiger partial charge in [-0.15, -0.1) is 11.3 Å². The molecule has 7 heteroatoms. The predicted octanol–water partition coefficient (Wildman–Crippen LogP) is 3.93. The SMILES string of the molecule is O=C(NCCNc1nc(-c2ccc(F)cc2)cs1)c1ccccc1F. The number of anilines is 1. The molecule has 3 rings (SSSR count). The lowest BCUT2D eigenvalue weighted by Crippen LogP contribution is -2.29. The van der Waals surface area contributed by atoms with E-state index in [4.69, 9.17) is 0 Å². The minimum Gasteiger partial charge on any atom is -0.360 e. The van der Waals surface area contributed by atoms with E-state index in [-0.39, 0.29) is 11.4 Å². The second-order valence-electron chi connectivity index (χ2n) is 5.21. The maximum Gasteiger partial charge on any atom is 0.254 e. The quantitative estimate of drug-likeness (QED) is 0.656. The van der Waals surface area contributed by atoms with Crippen molar-refractivity contribution in [1.29, 1.82) is 0 Å². The smallest absolute Gasteiger partial charge is 0.254 e. The topological polar surface area (TPSA) is 54.0 Å². The third kappa shape index (κ3) is 4.39. The standard InChI is InChI=1S/C18H15F2N3OS/c19-13-7-5-12(6-8-13)16-11-25-18(23-16)22-10-9-21-17(24)14-3-1-2-4-15(14)20/h1-8,11H,9-10H2,(H,21,24)(H,22,23). The van der Waals surface area contributed by atoms with Gasteiger partial charge < -0.3 is 10.6 Å². The van der Waals surface area contributed by atoms with Gasteiger partial charge in [-0.25, -0.2) is 13.8 Å². The van der Waals surface area contributed by atoms with Gasteiger partial charge >= 0.3 is 0 Å². The van der Waals surface area contributed by atoms with Crippen molar-refractivity contribution in [2.45, 2.75) is 0 Å². The lowest BCUT2D eigenvalue weighted by atomic mass is 10.2. The zero-order chi connectivity index (χ0) is 17.6. The van der Waals surface area contributed by atoms with Gasteiger partial charge in [-0.05, 0) is 36.4 Å². The Hall–Kier alpha value is -2.80. The third-order valence-corrected chi connectivity index (χ3v) is 4.25. The average Bonchev–Trinajstić information content (AvgIpc) is 3.08. The van der Waals surface area contributed by atoms with Crippen LogP contribution in [0.2, 0.25) is 0 Å². The highest BCUT2D eigenvalue weighted by Gasteiger charge is 2.10. The molecule has 0 bridgehead atoms. The van der Waals surface area contributed by atoms with Gasteiger partial charge in [-0.2, -0.15) is 0 Å². The first-order valence-electron chi connectivity index (χ1n) is 7.61.